The molecule has 0 bridgehead atoms. The van der Waals surface area contributed by atoms with Crippen LogP contribution in [0.2, 0.25) is 5.02 Å². The molecule has 0 unspecified atom stereocenters. The number of ether oxygens (including phenoxy) is 1. The van der Waals surface area contributed by atoms with Gasteiger partial charge in [-0.3, -0.25) is 19.7 Å². The zero-order valence-electron chi connectivity index (χ0n) is 18.4. The Hall–Kier alpha value is -4.68. The number of carbonyl (C=O) groups excluding carboxylic acids is 2. The Labute approximate surface area is 205 Å². The van der Waals surface area contributed by atoms with Gasteiger partial charge in [0.2, 0.25) is 0 Å². The first-order valence-corrected chi connectivity index (χ1v) is 10.6. The number of amides is 2. The lowest BCUT2D eigenvalue weighted by molar-refractivity contribution is -0.384. The van der Waals surface area contributed by atoms with Crippen molar-refractivity contribution in [3.05, 3.63) is 98.6 Å². The summed E-state index contributed by atoms with van der Waals surface area (Å²) in [6.45, 7) is 1.58. The minimum absolute atomic E-state index is 0.153. The second-order valence-electron chi connectivity index (χ2n) is 7.32. The summed E-state index contributed by atoms with van der Waals surface area (Å²) in [6.07, 6.45) is 1.26. The summed E-state index contributed by atoms with van der Waals surface area (Å²) in [4.78, 5) is 35.3. The molecule has 0 atom stereocenters. The van der Waals surface area contributed by atoms with E-state index in [0.29, 0.717) is 16.3 Å². The molecule has 0 aliphatic heterocycles. The number of nitro benzene ring substituents is 1. The number of hydrogen-bond acceptors (Lipinski definition) is 6. The number of rotatable bonds is 8. The van der Waals surface area contributed by atoms with Crippen molar-refractivity contribution in [1.29, 1.82) is 5.26 Å². The number of aryl methyl sites for hydroxylation is 1. The number of nitrogens with one attached hydrogen (secondary N) is 2. The molecular weight excluding hydrogens is 472 g/mol. The van der Waals surface area contributed by atoms with Crippen LogP contribution in [0, 0.1) is 28.4 Å². The number of anilines is 2. The minimum Gasteiger partial charge on any atom is -0.483 e. The van der Waals surface area contributed by atoms with Crippen molar-refractivity contribution >= 4 is 46.6 Å². The second kappa shape index (κ2) is 11.4. The van der Waals surface area contributed by atoms with Crippen LogP contribution in [0.15, 0.2) is 72.3 Å². The maximum Gasteiger partial charge on any atom is 0.271 e. The molecule has 0 spiro atoms. The van der Waals surface area contributed by atoms with Gasteiger partial charge in [0.05, 0.1) is 4.92 Å². The summed E-state index contributed by atoms with van der Waals surface area (Å²) >= 11 is 6.07. The average Bonchev–Trinajstić information content (AvgIpc) is 2.82. The van der Waals surface area contributed by atoms with Crippen molar-refractivity contribution < 1.29 is 19.2 Å². The zero-order valence-corrected chi connectivity index (χ0v) is 19.2. The summed E-state index contributed by atoms with van der Waals surface area (Å²) < 4.78 is 5.61. The second-order valence-corrected chi connectivity index (χ2v) is 7.76. The van der Waals surface area contributed by atoms with Crippen LogP contribution >= 0.6 is 11.6 Å². The van der Waals surface area contributed by atoms with Crippen molar-refractivity contribution in [2.45, 2.75) is 6.92 Å². The van der Waals surface area contributed by atoms with Crippen molar-refractivity contribution in [2.75, 3.05) is 17.2 Å². The highest BCUT2D eigenvalue weighted by molar-refractivity contribution is 6.30. The fourth-order valence-corrected chi connectivity index (χ4v) is 3.21. The Morgan fingerprint density at radius 3 is 2.49 bits per heavy atom. The highest BCUT2D eigenvalue weighted by Crippen LogP contribution is 2.26. The Morgan fingerprint density at radius 2 is 1.80 bits per heavy atom. The number of nitrogens with zero attached hydrogens (tertiary/aromatic N) is 2. The lowest BCUT2D eigenvalue weighted by Crippen LogP contribution is -2.20. The summed E-state index contributed by atoms with van der Waals surface area (Å²) in [5.74, 6) is -0.954. The maximum absolute atomic E-state index is 12.6. The molecule has 10 heteroatoms. The van der Waals surface area contributed by atoms with Gasteiger partial charge in [0.25, 0.3) is 17.5 Å². The van der Waals surface area contributed by atoms with Crippen LogP contribution in [0.25, 0.3) is 6.08 Å². The maximum atomic E-state index is 12.6. The molecule has 3 aromatic carbocycles. The third-order valence-electron chi connectivity index (χ3n) is 4.61. The Kier molecular flexibility index (Phi) is 8.16. The van der Waals surface area contributed by atoms with E-state index in [2.05, 4.69) is 10.6 Å². The summed E-state index contributed by atoms with van der Waals surface area (Å²) in [7, 11) is 0. The third-order valence-corrected chi connectivity index (χ3v) is 4.85. The molecule has 0 aliphatic carbocycles. The van der Waals surface area contributed by atoms with Gasteiger partial charge in [-0.1, -0.05) is 29.8 Å². The molecule has 0 radical (unpaired) electrons. The molecule has 0 aliphatic rings. The molecule has 9 nitrogen and oxygen atoms in total. The standard InChI is InChI=1S/C25H19ClN4O5/c1-16-4-2-5-20(10-16)28-24(31)15-35-23-9-8-19(26)12-17(23)11-18(14-27)25(32)29-21-6-3-7-22(13-21)30(33)34/h2-13H,15H2,1H3,(H,28,31)(H,29,32)/b18-11+. The number of hydrogen-bond donors (Lipinski definition) is 2. The van der Waals surface area contributed by atoms with Gasteiger partial charge in [0.1, 0.15) is 17.4 Å². The first-order valence-electron chi connectivity index (χ1n) is 10.2. The van der Waals surface area contributed by atoms with Gasteiger partial charge in [0, 0.05) is 34.1 Å². The molecular formula is C25H19ClN4O5. The predicted octanol–water partition coefficient (Wildman–Crippen LogP) is 5.12. The molecule has 3 rings (SSSR count). The Bertz CT molecular complexity index is 1360. The average molecular weight is 491 g/mol. The first-order chi connectivity index (χ1) is 16.7. The smallest absolute Gasteiger partial charge is 0.271 e. The molecule has 0 saturated carbocycles. The normalized spacial score (nSPS) is 10.7. The zero-order chi connectivity index (χ0) is 25.4. The molecule has 0 fully saturated rings. The highest BCUT2D eigenvalue weighted by atomic mass is 35.5. The van der Waals surface area contributed by atoms with Crippen LogP contribution in [0.5, 0.6) is 5.75 Å². The first kappa shape index (κ1) is 25.0. The Balaban J connectivity index is 1.76. The fraction of sp³-hybridized carbons (Fsp3) is 0.0800. The fourth-order valence-electron chi connectivity index (χ4n) is 3.03. The summed E-state index contributed by atoms with van der Waals surface area (Å²) in [5, 5.41) is 26.0. The molecule has 2 N–H and O–H groups in total. The van der Waals surface area contributed by atoms with Crippen LogP contribution < -0.4 is 15.4 Å². The monoisotopic (exact) mass is 490 g/mol. The van der Waals surface area contributed by atoms with Gasteiger partial charge in [-0.15, -0.1) is 0 Å². The lowest BCUT2D eigenvalue weighted by Gasteiger charge is -2.11. The minimum atomic E-state index is -0.781. The van der Waals surface area contributed by atoms with Crippen molar-refractivity contribution in [2.24, 2.45) is 0 Å². The van der Waals surface area contributed by atoms with E-state index in [0.717, 1.165) is 5.56 Å². The number of nitriles is 1. The van der Waals surface area contributed by atoms with Crippen molar-refractivity contribution in [1.82, 2.24) is 0 Å². The number of nitro groups is 1. The van der Waals surface area contributed by atoms with Crippen LogP contribution in [0.3, 0.4) is 0 Å². The molecule has 35 heavy (non-hydrogen) atoms. The molecule has 2 amide bonds. The van der Waals surface area contributed by atoms with Gasteiger partial charge in [-0.25, -0.2) is 0 Å². The molecule has 0 heterocycles. The lowest BCUT2D eigenvalue weighted by atomic mass is 10.1. The van der Waals surface area contributed by atoms with Gasteiger partial charge in [-0.2, -0.15) is 5.26 Å². The van der Waals surface area contributed by atoms with Gasteiger partial charge < -0.3 is 15.4 Å². The number of halogens is 1. The van der Waals surface area contributed by atoms with E-state index in [1.54, 1.807) is 18.2 Å². The van der Waals surface area contributed by atoms with Crippen LogP contribution in [0.1, 0.15) is 11.1 Å². The third kappa shape index (κ3) is 7.15. The van der Waals surface area contributed by atoms with Gasteiger partial charge >= 0.3 is 0 Å². The quantitative estimate of drug-likeness (QED) is 0.195. The number of non-ortho nitro benzene ring substituents is 1. The van der Waals surface area contributed by atoms with E-state index < -0.39 is 16.7 Å². The molecule has 0 aromatic heterocycles. The topological polar surface area (TPSA) is 134 Å². The van der Waals surface area contributed by atoms with Crippen LogP contribution in [0.4, 0.5) is 17.1 Å². The van der Waals surface area contributed by atoms with Gasteiger partial charge in [-0.05, 0) is 55.0 Å². The number of benzene rings is 3. The van der Waals surface area contributed by atoms with Gasteiger partial charge in [0.15, 0.2) is 6.61 Å². The van der Waals surface area contributed by atoms with E-state index in [-0.39, 0.29) is 29.3 Å². The molecule has 3 aromatic rings. The SMILES string of the molecule is Cc1cccc(NC(=O)COc2ccc(Cl)cc2/C=C(\C#N)C(=O)Nc2cccc([N+](=O)[O-])c2)c1. The predicted molar refractivity (Wildman–Crippen MR) is 132 cm³/mol. The van der Waals surface area contributed by atoms with E-state index in [9.17, 15) is 25.0 Å². The Morgan fingerprint density at radius 1 is 1.09 bits per heavy atom. The number of carbonyl (C=O) groups is 2. The summed E-state index contributed by atoms with van der Waals surface area (Å²) in [6, 6.07) is 18.9. The highest BCUT2D eigenvalue weighted by Gasteiger charge is 2.14. The summed E-state index contributed by atoms with van der Waals surface area (Å²) in [5.41, 5.74) is 1.56. The van der Waals surface area contributed by atoms with E-state index in [4.69, 9.17) is 16.3 Å². The molecule has 0 saturated heterocycles. The van der Waals surface area contributed by atoms with Crippen molar-refractivity contribution in [3.8, 4) is 11.8 Å². The largest absolute Gasteiger partial charge is 0.483 e. The molecule has 176 valence electrons. The van der Waals surface area contributed by atoms with E-state index >= 15 is 0 Å². The van der Waals surface area contributed by atoms with Crippen LogP contribution in [-0.2, 0) is 9.59 Å². The van der Waals surface area contributed by atoms with Crippen molar-refractivity contribution in [3.63, 3.8) is 0 Å². The van der Waals surface area contributed by atoms with E-state index in [1.165, 1.54) is 42.5 Å². The van der Waals surface area contributed by atoms with Crippen LogP contribution in [-0.4, -0.2) is 23.3 Å². The van der Waals surface area contributed by atoms with E-state index in [1.807, 2.05) is 25.1 Å².